The molecular formula is C23H30N2O5S. The number of carbonyl (C=O) groups excluding carboxylic acids is 1. The normalized spacial score (nSPS) is 21.5. The number of sulfonamides is 1. The van der Waals surface area contributed by atoms with Gasteiger partial charge in [-0.15, -0.1) is 0 Å². The number of hydrogen-bond acceptors (Lipinski definition) is 5. The van der Waals surface area contributed by atoms with Gasteiger partial charge in [-0.05, 0) is 76.2 Å². The van der Waals surface area contributed by atoms with Crippen LogP contribution < -0.4 is 14.8 Å². The highest BCUT2D eigenvalue weighted by Crippen LogP contribution is 2.25. The molecule has 0 aliphatic carbocycles. The van der Waals surface area contributed by atoms with Gasteiger partial charge in [-0.3, -0.25) is 9.52 Å². The molecule has 2 aromatic carbocycles. The molecular weight excluding hydrogens is 416 g/mol. The predicted molar refractivity (Wildman–Crippen MR) is 122 cm³/mol. The first-order valence-corrected chi connectivity index (χ1v) is 12.0. The van der Waals surface area contributed by atoms with Gasteiger partial charge in [0.25, 0.3) is 5.91 Å². The summed E-state index contributed by atoms with van der Waals surface area (Å²) in [5, 5.41) is 2.29. The van der Waals surface area contributed by atoms with Crippen LogP contribution in [0, 0.1) is 0 Å². The number of carbonyl (C=O) groups is 1. The highest BCUT2D eigenvalue weighted by atomic mass is 32.2. The van der Waals surface area contributed by atoms with Gasteiger partial charge in [-0.25, -0.2) is 8.42 Å². The number of hydrogen-bond donors (Lipinski definition) is 2. The fraction of sp³-hybridized carbons (Fsp3) is 0.435. The summed E-state index contributed by atoms with van der Waals surface area (Å²) in [5.74, 6) is 0.477. The molecule has 3 rings (SSSR count). The van der Waals surface area contributed by atoms with Crippen LogP contribution in [0.4, 0.5) is 11.4 Å². The topological polar surface area (TPSA) is 93.7 Å². The molecule has 1 fully saturated rings. The summed E-state index contributed by atoms with van der Waals surface area (Å²) in [7, 11) is -3.42. The Morgan fingerprint density at radius 2 is 1.52 bits per heavy atom. The summed E-state index contributed by atoms with van der Waals surface area (Å²) < 4.78 is 38.2. The number of nitrogens with one attached hydrogen (secondary N) is 2. The van der Waals surface area contributed by atoms with Crippen LogP contribution in [0.5, 0.6) is 5.75 Å². The second-order valence-corrected chi connectivity index (χ2v) is 10.5. The van der Waals surface area contributed by atoms with E-state index in [0.29, 0.717) is 16.9 Å². The van der Waals surface area contributed by atoms with E-state index in [4.69, 9.17) is 9.47 Å². The Morgan fingerprint density at radius 3 is 2.06 bits per heavy atom. The maximum absolute atomic E-state index is 12.5. The second-order valence-electron chi connectivity index (χ2n) is 8.22. The Balaban J connectivity index is 1.57. The molecule has 2 aromatic rings. The summed E-state index contributed by atoms with van der Waals surface area (Å²) in [5.41, 5.74) is 1.50. The van der Waals surface area contributed by atoms with Gasteiger partial charge in [0.15, 0.2) is 0 Å². The van der Waals surface area contributed by atoms with E-state index < -0.39 is 15.3 Å². The maximum atomic E-state index is 12.5. The third-order valence-corrected chi connectivity index (χ3v) is 6.86. The molecule has 0 aromatic heterocycles. The van der Waals surface area contributed by atoms with E-state index in [-0.39, 0.29) is 24.2 Å². The smallest absolute Gasteiger partial charge is 0.255 e. The largest absolute Gasteiger partial charge is 0.490 e. The minimum Gasteiger partial charge on any atom is -0.490 e. The minimum atomic E-state index is -3.42. The Kier molecular flexibility index (Phi) is 7.23. The number of rotatable bonds is 7. The fourth-order valence-electron chi connectivity index (χ4n) is 3.42. The fourth-order valence-corrected chi connectivity index (χ4v) is 4.13. The SMILES string of the molecule is CC1CC(Oc2ccc(NC(=O)c3ccc(NS(=O)(=O)C(C)C)cc3)cc2)CC(C)O1. The van der Waals surface area contributed by atoms with Gasteiger partial charge in [-0.1, -0.05) is 0 Å². The van der Waals surface area contributed by atoms with Crippen molar-refractivity contribution in [2.75, 3.05) is 10.0 Å². The van der Waals surface area contributed by atoms with Gasteiger partial charge in [0, 0.05) is 29.8 Å². The van der Waals surface area contributed by atoms with Gasteiger partial charge in [-0.2, -0.15) is 0 Å². The van der Waals surface area contributed by atoms with Crippen LogP contribution in [0.1, 0.15) is 50.9 Å². The monoisotopic (exact) mass is 446 g/mol. The van der Waals surface area contributed by atoms with Crippen molar-refractivity contribution in [3.05, 3.63) is 54.1 Å². The Bertz CT molecular complexity index is 978. The molecule has 1 aliphatic heterocycles. The first kappa shape index (κ1) is 23.1. The average Bonchev–Trinajstić information content (AvgIpc) is 2.69. The lowest BCUT2D eigenvalue weighted by Gasteiger charge is -2.32. The quantitative estimate of drug-likeness (QED) is 0.656. The van der Waals surface area contributed by atoms with Gasteiger partial charge in [0.2, 0.25) is 10.0 Å². The Labute approximate surface area is 184 Å². The van der Waals surface area contributed by atoms with Gasteiger partial charge in [0.1, 0.15) is 11.9 Å². The van der Waals surface area contributed by atoms with Crippen molar-refractivity contribution < 1.29 is 22.7 Å². The molecule has 2 N–H and O–H groups in total. The van der Waals surface area contributed by atoms with E-state index in [9.17, 15) is 13.2 Å². The average molecular weight is 447 g/mol. The van der Waals surface area contributed by atoms with Gasteiger partial charge in [0.05, 0.1) is 17.5 Å². The first-order valence-electron chi connectivity index (χ1n) is 10.5. The van der Waals surface area contributed by atoms with Crippen molar-refractivity contribution in [2.45, 2.75) is 64.1 Å². The molecule has 168 valence electrons. The second kappa shape index (κ2) is 9.70. The first-order chi connectivity index (χ1) is 14.6. The minimum absolute atomic E-state index is 0.117. The van der Waals surface area contributed by atoms with Crippen molar-refractivity contribution in [1.29, 1.82) is 0 Å². The number of ether oxygens (including phenoxy) is 2. The lowest BCUT2D eigenvalue weighted by Crippen LogP contribution is -2.35. The molecule has 2 atom stereocenters. The van der Waals surface area contributed by atoms with E-state index in [1.165, 1.54) is 0 Å². The van der Waals surface area contributed by atoms with Gasteiger partial charge >= 0.3 is 0 Å². The van der Waals surface area contributed by atoms with Gasteiger partial charge < -0.3 is 14.8 Å². The molecule has 0 spiro atoms. The van der Waals surface area contributed by atoms with E-state index in [1.54, 1.807) is 50.2 Å². The zero-order valence-corrected chi connectivity index (χ0v) is 19.1. The zero-order valence-electron chi connectivity index (χ0n) is 18.3. The van der Waals surface area contributed by atoms with Crippen LogP contribution in [-0.2, 0) is 14.8 Å². The lowest BCUT2D eigenvalue weighted by molar-refractivity contribution is -0.0721. The molecule has 7 nitrogen and oxygen atoms in total. The van der Waals surface area contributed by atoms with Crippen molar-refractivity contribution >= 4 is 27.3 Å². The third kappa shape index (κ3) is 6.45. The molecule has 31 heavy (non-hydrogen) atoms. The van der Waals surface area contributed by atoms with Crippen LogP contribution >= 0.6 is 0 Å². The summed E-state index contributed by atoms with van der Waals surface area (Å²) in [6.07, 6.45) is 2.18. The van der Waals surface area contributed by atoms with Crippen LogP contribution in [0.25, 0.3) is 0 Å². The lowest BCUT2D eigenvalue weighted by atomic mass is 10.0. The van der Waals surface area contributed by atoms with Crippen LogP contribution in [0.3, 0.4) is 0 Å². The summed E-state index contributed by atoms with van der Waals surface area (Å²) >= 11 is 0. The van der Waals surface area contributed by atoms with Crippen LogP contribution in [0.15, 0.2) is 48.5 Å². The molecule has 8 heteroatoms. The summed E-state index contributed by atoms with van der Waals surface area (Å²) in [6, 6.07) is 13.6. The van der Waals surface area contributed by atoms with E-state index in [0.717, 1.165) is 18.6 Å². The van der Waals surface area contributed by atoms with Crippen molar-refractivity contribution in [3.8, 4) is 5.75 Å². The zero-order chi connectivity index (χ0) is 22.6. The number of anilines is 2. The van der Waals surface area contributed by atoms with E-state index >= 15 is 0 Å². The van der Waals surface area contributed by atoms with Crippen molar-refractivity contribution in [2.24, 2.45) is 0 Å². The van der Waals surface area contributed by atoms with Crippen molar-refractivity contribution in [3.63, 3.8) is 0 Å². The number of amides is 1. The van der Waals surface area contributed by atoms with Crippen molar-refractivity contribution in [1.82, 2.24) is 0 Å². The van der Waals surface area contributed by atoms with Crippen LogP contribution in [0.2, 0.25) is 0 Å². The highest BCUT2D eigenvalue weighted by molar-refractivity contribution is 7.93. The highest BCUT2D eigenvalue weighted by Gasteiger charge is 2.25. The number of benzene rings is 2. The predicted octanol–water partition coefficient (Wildman–Crippen LogP) is 4.42. The molecule has 0 bridgehead atoms. The molecule has 1 saturated heterocycles. The molecule has 0 radical (unpaired) electrons. The third-order valence-electron chi connectivity index (χ3n) is 5.10. The molecule has 1 amide bonds. The van der Waals surface area contributed by atoms with E-state index in [1.807, 2.05) is 12.1 Å². The Morgan fingerprint density at radius 1 is 0.968 bits per heavy atom. The Hall–Kier alpha value is -2.58. The summed E-state index contributed by atoms with van der Waals surface area (Å²) in [6.45, 7) is 7.31. The van der Waals surface area contributed by atoms with E-state index in [2.05, 4.69) is 23.9 Å². The molecule has 1 aliphatic rings. The molecule has 0 saturated carbocycles. The van der Waals surface area contributed by atoms with Crippen LogP contribution in [-0.4, -0.2) is 37.9 Å². The summed E-state index contributed by atoms with van der Waals surface area (Å²) in [4.78, 5) is 12.5. The maximum Gasteiger partial charge on any atom is 0.255 e. The molecule has 2 unspecified atom stereocenters. The molecule has 1 heterocycles. The standard InChI is InChI=1S/C23H30N2O5S/c1-15(2)31(27,28)25-20-7-5-18(6-8-20)23(26)24-19-9-11-21(12-10-19)30-22-13-16(3)29-17(4)14-22/h5-12,15-17,22,25H,13-14H2,1-4H3,(H,24,26).